The molecule has 4 heteroatoms. The molecule has 0 aliphatic carbocycles. The predicted molar refractivity (Wildman–Crippen MR) is 85.3 cm³/mol. The van der Waals surface area contributed by atoms with Gasteiger partial charge in [0.15, 0.2) is 0 Å². The third-order valence-electron chi connectivity index (χ3n) is 3.10. The number of nitrogens with one attached hydrogen (secondary N) is 1. The van der Waals surface area contributed by atoms with Crippen molar-refractivity contribution in [3.63, 3.8) is 0 Å². The summed E-state index contributed by atoms with van der Waals surface area (Å²) in [4.78, 5) is 5.33. The number of anilines is 2. The van der Waals surface area contributed by atoms with Crippen molar-refractivity contribution in [3.05, 3.63) is 54.7 Å². The number of fused-ring (bicyclic) bond motifs is 1. The third-order valence-corrected chi connectivity index (χ3v) is 3.40. The van der Waals surface area contributed by atoms with Gasteiger partial charge in [0.2, 0.25) is 0 Å². The van der Waals surface area contributed by atoms with Crippen LogP contribution in [0.15, 0.2) is 59.6 Å². The van der Waals surface area contributed by atoms with E-state index in [1.807, 2.05) is 48.5 Å². The van der Waals surface area contributed by atoms with E-state index >= 15 is 0 Å². The maximum atomic E-state index is 5.35. The van der Waals surface area contributed by atoms with Crippen LogP contribution in [-0.4, -0.2) is 12.1 Å². The Morgan fingerprint density at radius 2 is 1.85 bits per heavy atom. The van der Waals surface area contributed by atoms with Crippen molar-refractivity contribution >= 4 is 34.9 Å². The summed E-state index contributed by atoms with van der Waals surface area (Å²) in [5, 5.41) is 4.43. The zero-order valence-electron chi connectivity index (χ0n) is 11.0. The van der Waals surface area contributed by atoms with Crippen LogP contribution in [-0.2, 0) is 0 Å². The van der Waals surface area contributed by atoms with Gasteiger partial charge in [0.1, 0.15) is 11.3 Å². The van der Waals surface area contributed by atoms with Crippen LogP contribution in [0.2, 0.25) is 0 Å². The molecule has 0 aliphatic rings. The summed E-state index contributed by atoms with van der Waals surface area (Å²) < 4.78 is 5.35. The smallest absolute Gasteiger partial charge is 0.145 e. The number of pyridine rings is 1. The van der Waals surface area contributed by atoms with E-state index in [2.05, 4.69) is 22.9 Å². The van der Waals surface area contributed by atoms with E-state index < -0.39 is 0 Å². The number of aromatic nitrogens is 1. The lowest BCUT2D eigenvalue weighted by Crippen LogP contribution is -1.94. The Morgan fingerprint density at radius 1 is 1.05 bits per heavy atom. The van der Waals surface area contributed by atoms with Crippen molar-refractivity contribution < 1.29 is 4.74 Å². The minimum Gasteiger partial charge on any atom is -0.494 e. The van der Waals surface area contributed by atoms with Crippen molar-refractivity contribution in [1.29, 1.82) is 0 Å². The van der Waals surface area contributed by atoms with Crippen LogP contribution in [0.3, 0.4) is 0 Å². The monoisotopic (exact) mass is 282 g/mol. The summed E-state index contributed by atoms with van der Waals surface area (Å²) in [5.74, 6) is 0.775. The Hall–Kier alpha value is -2.20. The molecule has 1 N–H and O–H groups in total. The number of nitrogens with zero attached hydrogens (tertiary/aromatic N) is 1. The first-order valence-corrected chi connectivity index (χ1v) is 6.70. The van der Waals surface area contributed by atoms with Gasteiger partial charge in [0.25, 0.3) is 0 Å². The first-order valence-electron chi connectivity index (χ1n) is 6.26. The summed E-state index contributed by atoms with van der Waals surface area (Å²) in [6, 6.07) is 15.8. The van der Waals surface area contributed by atoms with E-state index in [0.717, 1.165) is 32.9 Å². The minimum absolute atomic E-state index is 0.775. The fourth-order valence-corrected chi connectivity index (χ4v) is 2.27. The summed E-state index contributed by atoms with van der Waals surface area (Å²) in [6.07, 6.45) is 1.78. The molecular weight excluding hydrogens is 268 g/mol. The van der Waals surface area contributed by atoms with Crippen LogP contribution in [0.5, 0.6) is 5.75 Å². The van der Waals surface area contributed by atoms with Gasteiger partial charge in [-0.1, -0.05) is 12.1 Å². The van der Waals surface area contributed by atoms with Gasteiger partial charge in [-0.15, -0.1) is 12.6 Å². The van der Waals surface area contributed by atoms with Crippen LogP contribution < -0.4 is 10.1 Å². The number of methoxy groups -OCH3 is 1. The highest BCUT2D eigenvalue weighted by Crippen LogP contribution is 2.30. The van der Waals surface area contributed by atoms with E-state index in [9.17, 15) is 0 Å². The van der Waals surface area contributed by atoms with Gasteiger partial charge in [0.05, 0.1) is 7.11 Å². The number of hydrogen-bond acceptors (Lipinski definition) is 4. The van der Waals surface area contributed by atoms with Crippen LogP contribution >= 0.6 is 12.6 Å². The number of ether oxygens (including phenoxy) is 1. The molecule has 0 aliphatic heterocycles. The fraction of sp³-hybridized carbons (Fsp3) is 0.0625. The highest BCUT2D eigenvalue weighted by molar-refractivity contribution is 7.80. The lowest BCUT2D eigenvalue weighted by Gasteiger charge is -2.11. The quantitative estimate of drug-likeness (QED) is 0.704. The van der Waals surface area contributed by atoms with Gasteiger partial charge in [-0.25, -0.2) is 0 Å². The van der Waals surface area contributed by atoms with Crippen molar-refractivity contribution in [3.8, 4) is 5.75 Å². The van der Waals surface area contributed by atoms with E-state index in [4.69, 9.17) is 4.74 Å². The topological polar surface area (TPSA) is 34.1 Å². The Labute approximate surface area is 123 Å². The number of para-hydroxylation sites is 1. The zero-order chi connectivity index (χ0) is 13.9. The Morgan fingerprint density at radius 3 is 2.60 bits per heavy atom. The highest BCUT2D eigenvalue weighted by atomic mass is 32.1. The van der Waals surface area contributed by atoms with Crippen LogP contribution in [0.25, 0.3) is 10.9 Å². The second kappa shape index (κ2) is 5.43. The maximum absolute atomic E-state index is 5.35. The van der Waals surface area contributed by atoms with Gasteiger partial charge in [-0.3, -0.25) is 4.98 Å². The van der Waals surface area contributed by atoms with Crippen molar-refractivity contribution in [1.82, 2.24) is 4.98 Å². The highest BCUT2D eigenvalue weighted by Gasteiger charge is 2.06. The molecule has 0 radical (unpaired) electrons. The van der Waals surface area contributed by atoms with Crippen LogP contribution in [0.1, 0.15) is 0 Å². The molecule has 0 spiro atoms. The number of thiol groups is 1. The molecule has 20 heavy (non-hydrogen) atoms. The lowest BCUT2D eigenvalue weighted by atomic mass is 10.1. The van der Waals surface area contributed by atoms with Gasteiger partial charge in [-0.05, 0) is 36.4 Å². The maximum Gasteiger partial charge on any atom is 0.145 e. The minimum atomic E-state index is 0.775. The number of benzene rings is 2. The molecule has 2 aromatic carbocycles. The standard InChI is InChI=1S/C16H14N2OS/c1-19-15-4-2-3-13-14(9-10-17-16(13)15)18-11-5-7-12(20)8-6-11/h2-10,20H,1H3,(H,17,18). The predicted octanol–water partition coefficient (Wildman–Crippen LogP) is 4.28. The molecule has 0 bridgehead atoms. The number of hydrogen-bond donors (Lipinski definition) is 2. The summed E-state index contributed by atoms with van der Waals surface area (Å²) in [7, 11) is 1.65. The van der Waals surface area contributed by atoms with Crippen molar-refractivity contribution in [2.45, 2.75) is 4.90 Å². The van der Waals surface area contributed by atoms with Crippen molar-refractivity contribution in [2.24, 2.45) is 0 Å². The van der Waals surface area contributed by atoms with Crippen molar-refractivity contribution in [2.75, 3.05) is 12.4 Å². The Bertz CT molecular complexity index is 741. The first kappa shape index (κ1) is 12.8. The second-order valence-electron chi connectivity index (χ2n) is 4.39. The third kappa shape index (κ3) is 2.42. The zero-order valence-corrected chi connectivity index (χ0v) is 11.9. The van der Waals surface area contributed by atoms with E-state index in [1.54, 1.807) is 13.3 Å². The number of rotatable bonds is 3. The average Bonchev–Trinajstić information content (AvgIpc) is 2.49. The molecule has 0 saturated carbocycles. The van der Waals surface area contributed by atoms with E-state index in [-0.39, 0.29) is 0 Å². The largest absolute Gasteiger partial charge is 0.494 e. The van der Waals surface area contributed by atoms with Crippen LogP contribution in [0.4, 0.5) is 11.4 Å². The van der Waals surface area contributed by atoms with Gasteiger partial charge in [0, 0.05) is 27.9 Å². The fourth-order valence-electron chi connectivity index (χ4n) is 2.12. The molecule has 1 heterocycles. The molecule has 100 valence electrons. The molecule has 3 rings (SSSR count). The summed E-state index contributed by atoms with van der Waals surface area (Å²) >= 11 is 4.29. The Kier molecular flexibility index (Phi) is 3.48. The van der Waals surface area contributed by atoms with Gasteiger partial charge >= 0.3 is 0 Å². The molecule has 0 atom stereocenters. The molecule has 0 fully saturated rings. The molecule has 0 unspecified atom stereocenters. The molecule has 0 saturated heterocycles. The van der Waals surface area contributed by atoms with Gasteiger partial charge < -0.3 is 10.1 Å². The molecule has 3 nitrogen and oxygen atoms in total. The molecule has 1 aromatic heterocycles. The SMILES string of the molecule is COc1cccc2c(Nc3ccc(S)cc3)ccnc12. The molecular formula is C16H14N2OS. The normalized spacial score (nSPS) is 10.5. The average molecular weight is 282 g/mol. The lowest BCUT2D eigenvalue weighted by molar-refractivity contribution is 0.419. The first-order chi connectivity index (χ1) is 9.78. The summed E-state index contributed by atoms with van der Waals surface area (Å²) in [6.45, 7) is 0. The Balaban J connectivity index is 2.05. The van der Waals surface area contributed by atoms with Crippen LogP contribution in [0, 0.1) is 0 Å². The second-order valence-corrected chi connectivity index (χ2v) is 4.90. The summed E-state index contributed by atoms with van der Waals surface area (Å²) in [5.41, 5.74) is 2.87. The van der Waals surface area contributed by atoms with E-state index in [0.29, 0.717) is 0 Å². The van der Waals surface area contributed by atoms with E-state index in [1.165, 1.54) is 0 Å². The van der Waals surface area contributed by atoms with Gasteiger partial charge in [-0.2, -0.15) is 0 Å². The molecule has 0 amide bonds. The molecule has 3 aromatic rings.